The number of benzene rings is 1. The minimum atomic E-state index is 0.00842. The van der Waals surface area contributed by atoms with Crippen molar-refractivity contribution in [1.29, 1.82) is 0 Å². The van der Waals surface area contributed by atoms with Gasteiger partial charge in [-0.1, -0.05) is 37.6 Å². The molecule has 0 atom stereocenters. The quantitative estimate of drug-likeness (QED) is 0.794. The fraction of sp³-hybridized carbons (Fsp3) is 0.600. The molecule has 0 amide bonds. The summed E-state index contributed by atoms with van der Waals surface area (Å²) in [6, 6.07) is 6.13. The number of aliphatic hydroxyl groups excluding tert-OH is 1. The van der Waals surface area contributed by atoms with Crippen molar-refractivity contribution in [1.82, 2.24) is 5.32 Å². The van der Waals surface area contributed by atoms with Gasteiger partial charge in [-0.25, -0.2) is 0 Å². The molecule has 0 aliphatic heterocycles. The predicted molar refractivity (Wildman–Crippen MR) is 78.0 cm³/mol. The molecule has 1 aromatic carbocycles. The maximum absolute atomic E-state index is 9.49. The second-order valence-electron chi connectivity index (χ2n) is 5.05. The fourth-order valence-electron chi connectivity index (χ4n) is 2.00. The van der Waals surface area contributed by atoms with E-state index in [4.69, 9.17) is 11.6 Å². The van der Waals surface area contributed by atoms with Crippen molar-refractivity contribution in [3.63, 3.8) is 0 Å². The molecule has 0 fully saturated rings. The highest BCUT2D eigenvalue weighted by atomic mass is 35.5. The molecule has 18 heavy (non-hydrogen) atoms. The maximum Gasteiger partial charge on any atom is 0.0499 e. The average molecular weight is 270 g/mol. The van der Waals surface area contributed by atoms with Gasteiger partial charge in [-0.2, -0.15) is 0 Å². The van der Waals surface area contributed by atoms with Crippen molar-refractivity contribution in [2.24, 2.45) is 5.41 Å². The third-order valence-corrected chi connectivity index (χ3v) is 4.31. The molecule has 1 aromatic rings. The van der Waals surface area contributed by atoms with Gasteiger partial charge >= 0.3 is 0 Å². The lowest BCUT2D eigenvalue weighted by Crippen LogP contribution is -2.36. The van der Waals surface area contributed by atoms with Crippen molar-refractivity contribution in [3.8, 4) is 0 Å². The molecule has 0 saturated carbocycles. The van der Waals surface area contributed by atoms with Crippen LogP contribution in [0.2, 0.25) is 5.02 Å². The van der Waals surface area contributed by atoms with Crippen molar-refractivity contribution in [2.75, 3.05) is 13.2 Å². The molecule has 0 saturated heterocycles. The largest absolute Gasteiger partial charge is 0.396 e. The lowest BCUT2D eigenvalue weighted by atomic mass is 9.83. The Hall–Kier alpha value is -0.570. The van der Waals surface area contributed by atoms with Crippen molar-refractivity contribution in [2.45, 2.75) is 40.2 Å². The normalized spacial score (nSPS) is 11.8. The van der Waals surface area contributed by atoms with E-state index >= 15 is 0 Å². The van der Waals surface area contributed by atoms with E-state index in [1.165, 1.54) is 5.56 Å². The molecule has 102 valence electrons. The van der Waals surface area contributed by atoms with E-state index in [0.29, 0.717) is 0 Å². The van der Waals surface area contributed by atoms with Crippen LogP contribution in [0.3, 0.4) is 0 Å². The SMILES string of the molecule is CCC(CC)(CO)CNCc1ccc(C)c(Cl)c1. The van der Waals surface area contributed by atoms with Crippen LogP contribution in [0, 0.1) is 12.3 Å². The van der Waals surface area contributed by atoms with Crippen molar-refractivity contribution < 1.29 is 5.11 Å². The second kappa shape index (κ2) is 7.13. The van der Waals surface area contributed by atoms with Gasteiger partial charge in [0.15, 0.2) is 0 Å². The second-order valence-corrected chi connectivity index (χ2v) is 5.46. The third-order valence-electron chi connectivity index (χ3n) is 3.90. The van der Waals surface area contributed by atoms with Gasteiger partial charge in [0.05, 0.1) is 0 Å². The lowest BCUT2D eigenvalue weighted by Gasteiger charge is -2.29. The molecule has 1 rings (SSSR count). The number of hydrogen-bond donors (Lipinski definition) is 2. The highest BCUT2D eigenvalue weighted by Crippen LogP contribution is 2.24. The topological polar surface area (TPSA) is 32.3 Å². The molecule has 0 heterocycles. The van der Waals surface area contributed by atoms with Crippen LogP contribution in [-0.4, -0.2) is 18.3 Å². The molecular formula is C15H24ClNO. The summed E-state index contributed by atoms with van der Waals surface area (Å²) < 4.78 is 0. The molecule has 2 N–H and O–H groups in total. The van der Waals surface area contributed by atoms with E-state index < -0.39 is 0 Å². The number of aryl methyl sites for hydroxylation is 1. The van der Waals surface area contributed by atoms with Gasteiger partial charge in [0.1, 0.15) is 0 Å². The molecule has 2 nitrogen and oxygen atoms in total. The first-order valence-electron chi connectivity index (χ1n) is 6.63. The Balaban J connectivity index is 2.52. The molecule has 0 aliphatic carbocycles. The van der Waals surface area contributed by atoms with Crippen molar-refractivity contribution in [3.05, 3.63) is 34.3 Å². The number of hydrogen-bond acceptors (Lipinski definition) is 2. The summed E-state index contributed by atoms with van der Waals surface area (Å²) >= 11 is 6.10. The molecular weight excluding hydrogens is 246 g/mol. The van der Waals surface area contributed by atoms with Gasteiger partial charge in [-0.05, 0) is 37.0 Å². The van der Waals surface area contributed by atoms with Gasteiger partial charge < -0.3 is 10.4 Å². The van der Waals surface area contributed by atoms with Gasteiger partial charge in [0, 0.05) is 30.1 Å². The van der Waals surface area contributed by atoms with Crippen LogP contribution in [0.25, 0.3) is 0 Å². The first kappa shape index (κ1) is 15.5. The Morgan fingerprint density at radius 2 is 1.94 bits per heavy atom. The van der Waals surface area contributed by atoms with Crippen LogP contribution in [0.15, 0.2) is 18.2 Å². The van der Waals surface area contributed by atoms with Crippen LogP contribution >= 0.6 is 11.6 Å². The Bertz CT molecular complexity index is 366. The highest BCUT2D eigenvalue weighted by molar-refractivity contribution is 6.31. The smallest absolute Gasteiger partial charge is 0.0499 e. The standard InChI is InChI=1S/C15H24ClNO/c1-4-15(5-2,11-18)10-17-9-13-7-6-12(3)14(16)8-13/h6-8,17-18H,4-5,9-11H2,1-3H3. The molecule has 0 bridgehead atoms. The van der Waals surface area contributed by atoms with Gasteiger partial charge in [-0.3, -0.25) is 0 Å². The van der Waals surface area contributed by atoms with Crippen LogP contribution in [0.5, 0.6) is 0 Å². The average Bonchev–Trinajstić information content (AvgIpc) is 2.39. The Labute approximate surface area is 115 Å². The van der Waals surface area contributed by atoms with E-state index in [1.807, 2.05) is 19.1 Å². The highest BCUT2D eigenvalue weighted by Gasteiger charge is 2.24. The minimum absolute atomic E-state index is 0.00842. The fourth-order valence-corrected chi connectivity index (χ4v) is 2.20. The van der Waals surface area contributed by atoms with Crippen LogP contribution < -0.4 is 5.32 Å². The first-order chi connectivity index (χ1) is 8.56. The number of rotatable bonds is 7. The molecule has 0 aliphatic rings. The first-order valence-corrected chi connectivity index (χ1v) is 7.01. The van der Waals surface area contributed by atoms with Gasteiger partial charge in [0.25, 0.3) is 0 Å². The van der Waals surface area contributed by atoms with Crippen LogP contribution in [0.1, 0.15) is 37.8 Å². The zero-order valence-corrected chi connectivity index (χ0v) is 12.3. The summed E-state index contributed by atoms with van der Waals surface area (Å²) in [6.45, 7) is 8.13. The van der Waals surface area contributed by atoms with Crippen LogP contribution in [-0.2, 0) is 6.54 Å². The minimum Gasteiger partial charge on any atom is -0.396 e. The lowest BCUT2D eigenvalue weighted by molar-refractivity contribution is 0.113. The summed E-state index contributed by atoms with van der Waals surface area (Å²) in [5.74, 6) is 0. The van der Waals surface area contributed by atoms with Crippen molar-refractivity contribution >= 4 is 11.6 Å². The van der Waals surface area contributed by atoms with Gasteiger partial charge in [-0.15, -0.1) is 0 Å². The van der Waals surface area contributed by atoms with Crippen LogP contribution in [0.4, 0.5) is 0 Å². The molecule has 0 unspecified atom stereocenters. The number of halogens is 1. The molecule has 0 radical (unpaired) electrons. The number of aliphatic hydroxyl groups is 1. The molecule has 3 heteroatoms. The monoisotopic (exact) mass is 269 g/mol. The summed E-state index contributed by atoms with van der Waals surface area (Å²) in [7, 11) is 0. The van der Waals surface area contributed by atoms with E-state index in [1.54, 1.807) is 0 Å². The molecule has 0 aromatic heterocycles. The third kappa shape index (κ3) is 3.98. The Morgan fingerprint density at radius 1 is 1.28 bits per heavy atom. The van der Waals surface area contributed by atoms with E-state index in [2.05, 4.69) is 25.2 Å². The summed E-state index contributed by atoms with van der Waals surface area (Å²) in [4.78, 5) is 0. The van der Waals surface area contributed by atoms with E-state index in [-0.39, 0.29) is 12.0 Å². The number of nitrogens with one attached hydrogen (secondary N) is 1. The Kier molecular flexibility index (Phi) is 6.13. The van der Waals surface area contributed by atoms with Gasteiger partial charge in [0.2, 0.25) is 0 Å². The summed E-state index contributed by atoms with van der Waals surface area (Å²) in [5.41, 5.74) is 2.30. The molecule has 0 spiro atoms. The predicted octanol–water partition coefficient (Wildman–Crippen LogP) is 3.54. The van der Waals surface area contributed by atoms with E-state index in [0.717, 1.165) is 36.5 Å². The maximum atomic E-state index is 9.49. The zero-order chi connectivity index (χ0) is 13.6. The summed E-state index contributed by atoms with van der Waals surface area (Å²) in [5, 5.41) is 13.7. The summed E-state index contributed by atoms with van der Waals surface area (Å²) in [6.07, 6.45) is 1.98. The zero-order valence-electron chi connectivity index (χ0n) is 11.6. The Morgan fingerprint density at radius 3 is 2.44 bits per heavy atom. The van der Waals surface area contributed by atoms with E-state index in [9.17, 15) is 5.11 Å².